The number of hydroxylamine groups is 1. The Morgan fingerprint density at radius 3 is 1.30 bits per heavy atom. The van der Waals surface area contributed by atoms with Gasteiger partial charge >= 0.3 is 0 Å². The van der Waals surface area contributed by atoms with E-state index in [1.807, 2.05) is 5.48 Å². The molecule has 0 saturated heterocycles. The first kappa shape index (κ1) is 19.7. The molecule has 0 aromatic rings. The van der Waals surface area contributed by atoms with Crippen LogP contribution in [-0.4, -0.2) is 85.0 Å². The number of aliphatic hydroxyl groups excluding tert-OH is 4. The van der Waals surface area contributed by atoms with E-state index < -0.39 is 0 Å². The van der Waals surface area contributed by atoms with Crippen molar-refractivity contribution in [1.29, 1.82) is 0 Å². The third-order valence-corrected chi connectivity index (χ3v) is 2.83. The third-order valence-electron chi connectivity index (χ3n) is 2.83. The molecule has 0 aromatic heterocycles. The SMILES string of the molecule is OCC(CO)COCC(CNO)COCC(CO)CO. The fourth-order valence-corrected chi connectivity index (χ4v) is 1.42. The van der Waals surface area contributed by atoms with Crippen LogP contribution in [0.3, 0.4) is 0 Å². The van der Waals surface area contributed by atoms with E-state index in [0.717, 1.165) is 0 Å². The molecule has 0 aliphatic heterocycles. The number of hydrogen-bond donors (Lipinski definition) is 6. The van der Waals surface area contributed by atoms with E-state index >= 15 is 0 Å². The average Bonchev–Trinajstić information content (AvgIpc) is 2.48. The highest BCUT2D eigenvalue weighted by atomic mass is 16.5. The first-order valence-electron chi connectivity index (χ1n) is 6.67. The van der Waals surface area contributed by atoms with Gasteiger partial charge in [0.05, 0.1) is 52.9 Å². The first-order chi connectivity index (χ1) is 9.71. The van der Waals surface area contributed by atoms with E-state index in [9.17, 15) is 0 Å². The molecule has 0 rings (SSSR count). The van der Waals surface area contributed by atoms with E-state index in [0.29, 0.717) is 13.2 Å². The topological polar surface area (TPSA) is 132 Å². The maximum atomic E-state index is 8.89. The summed E-state index contributed by atoms with van der Waals surface area (Å²) in [5.74, 6) is -0.741. The van der Waals surface area contributed by atoms with Crippen LogP contribution in [0.25, 0.3) is 0 Å². The van der Waals surface area contributed by atoms with Crippen LogP contribution in [0.2, 0.25) is 0 Å². The quantitative estimate of drug-likeness (QED) is 0.199. The van der Waals surface area contributed by atoms with Gasteiger partial charge in [-0.1, -0.05) is 0 Å². The summed E-state index contributed by atoms with van der Waals surface area (Å²) in [5.41, 5.74) is 2.04. The lowest BCUT2D eigenvalue weighted by atomic mass is 10.1. The van der Waals surface area contributed by atoms with Crippen LogP contribution in [0.1, 0.15) is 0 Å². The van der Waals surface area contributed by atoms with Crippen molar-refractivity contribution in [3.8, 4) is 0 Å². The highest BCUT2D eigenvalue weighted by Crippen LogP contribution is 2.03. The first-order valence-corrected chi connectivity index (χ1v) is 6.67. The second-order valence-electron chi connectivity index (χ2n) is 4.77. The summed E-state index contributed by atoms with van der Waals surface area (Å²) in [6.07, 6.45) is 0. The van der Waals surface area contributed by atoms with Crippen molar-refractivity contribution >= 4 is 0 Å². The van der Waals surface area contributed by atoms with Crippen molar-refractivity contribution < 1.29 is 35.1 Å². The predicted molar refractivity (Wildman–Crippen MR) is 70.2 cm³/mol. The van der Waals surface area contributed by atoms with E-state index in [1.165, 1.54) is 0 Å². The normalized spacial score (nSPS) is 12.0. The van der Waals surface area contributed by atoms with E-state index in [2.05, 4.69) is 0 Å². The maximum absolute atomic E-state index is 8.89. The van der Waals surface area contributed by atoms with Gasteiger partial charge in [0.2, 0.25) is 0 Å². The molecule has 20 heavy (non-hydrogen) atoms. The van der Waals surface area contributed by atoms with Gasteiger partial charge in [-0.05, 0) is 0 Å². The lowest BCUT2D eigenvalue weighted by Gasteiger charge is -2.19. The smallest absolute Gasteiger partial charge is 0.0538 e. The van der Waals surface area contributed by atoms with Gasteiger partial charge in [-0.3, -0.25) is 0 Å². The van der Waals surface area contributed by atoms with Gasteiger partial charge in [-0.15, -0.1) is 0 Å². The Bertz CT molecular complexity index is 182. The molecule has 0 unspecified atom stereocenters. The summed E-state index contributed by atoms with van der Waals surface area (Å²) in [6, 6.07) is 0. The molecule has 8 heteroatoms. The Labute approximate surface area is 118 Å². The summed E-state index contributed by atoms with van der Waals surface area (Å²) in [4.78, 5) is 0. The zero-order valence-corrected chi connectivity index (χ0v) is 11.6. The fourth-order valence-electron chi connectivity index (χ4n) is 1.42. The monoisotopic (exact) mass is 297 g/mol. The van der Waals surface area contributed by atoms with Gasteiger partial charge < -0.3 is 35.1 Å². The Kier molecular flexibility index (Phi) is 13.4. The minimum absolute atomic E-state index is 0.115. The zero-order valence-electron chi connectivity index (χ0n) is 11.6. The van der Waals surface area contributed by atoms with E-state index in [4.69, 9.17) is 35.1 Å². The van der Waals surface area contributed by atoms with Crippen LogP contribution in [0.5, 0.6) is 0 Å². The lowest BCUT2D eigenvalue weighted by molar-refractivity contribution is -0.0168. The molecule has 0 fully saturated rings. The van der Waals surface area contributed by atoms with Crippen molar-refractivity contribution in [3.05, 3.63) is 0 Å². The number of rotatable bonds is 14. The molecular weight excluding hydrogens is 270 g/mol. The van der Waals surface area contributed by atoms with Crippen molar-refractivity contribution in [3.63, 3.8) is 0 Å². The largest absolute Gasteiger partial charge is 0.396 e. The second kappa shape index (κ2) is 13.7. The molecule has 8 nitrogen and oxygen atoms in total. The number of hydrogen-bond acceptors (Lipinski definition) is 8. The molecule has 0 aliphatic rings. The summed E-state index contributed by atoms with van der Waals surface area (Å²) < 4.78 is 10.7. The van der Waals surface area contributed by atoms with Gasteiger partial charge in [0.15, 0.2) is 0 Å². The zero-order chi connectivity index (χ0) is 15.2. The molecular formula is C12H27NO7. The fraction of sp³-hybridized carbons (Fsp3) is 1.00. The van der Waals surface area contributed by atoms with E-state index in [1.54, 1.807) is 0 Å². The summed E-state index contributed by atoms with van der Waals surface area (Å²) in [5, 5.41) is 44.3. The summed E-state index contributed by atoms with van der Waals surface area (Å²) in [6.45, 7) is 0.728. The molecule has 0 aliphatic carbocycles. The number of nitrogens with one attached hydrogen (secondary N) is 1. The van der Waals surface area contributed by atoms with E-state index in [-0.39, 0.29) is 63.9 Å². The lowest BCUT2D eigenvalue weighted by Crippen LogP contribution is -2.30. The van der Waals surface area contributed by atoms with Crippen molar-refractivity contribution in [2.45, 2.75) is 0 Å². The Morgan fingerprint density at radius 1 is 0.650 bits per heavy atom. The van der Waals surface area contributed by atoms with Gasteiger partial charge in [0.25, 0.3) is 0 Å². The standard InChI is InChI=1S/C12H27NO7/c14-2-11(3-15)8-19-6-10(1-13-18)7-20-9-12(4-16)5-17/h10-18H,1-9H2. The van der Waals surface area contributed by atoms with Crippen molar-refractivity contribution in [2.75, 3.05) is 59.4 Å². The minimum atomic E-state index is -0.313. The van der Waals surface area contributed by atoms with Gasteiger partial charge in [-0.2, -0.15) is 0 Å². The molecule has 0 spiro atoms. The Morgan fingerprint density at radius 2 is 1.00 bits per heavy atom. The second-order valence-corrected chi connectivity index (χ2v) is 4.77. The molecule has 0 atom stereocenters. The van der Waals surface area contributed by atoms with Crippen LogP contribution in [0.4, 0.5) is 0 Å². The van der Waals surface area contributed by atoms with Crippen LogP contribution in [0, 0.1) is 17.8 Å². The highest BCUT2D eigenvalue weighted by molar-refractivity contribution is 4.61. The van der Waals surface area contributed by atoms with Crippen molar-refractivity contribution in [2.24, 2.45) is 17.8 Å². The molecule has 0 bridgehead atoms. The molecule has 0 radical (unpaired) electrons. The van der Waals surface area contributed by atoms with Crippen LogP contribution < -0.4 is 5.48 Å². The van der Waals surface area contributed by atoms with Gasteiger partial charge in [0.1, 0.15) is 0 Å². The van der Waals surface area contributed by atoms with Gasteiger partial charge in [-0.25, -0.2) is 5.48 Å². The van der Waals surface area contributed by atoms with Gasteiger partial charge in [0, 0.05) is 24.3 Å². The summed E-state index contributed by atoms with van der Waals surface area (Å²) >= 11 is 0. The van der Waals surface area contributed by atoms with Crippen LogP contribution in [0.15, 0.2) is 0 Å². The maximum Gasteiger partial charge on any atom is 0.0538 e. The Hall–Kier alpha value is -0.320. The Balaban J connectivity index is 3.85. The summed E-state index contributed by atoms with van der Waals surface area (Å²) in [7, 11) is 0. The van der Waals surface area contributed by atoms with Crippen molar-refractivity contribution in [1.82, 2.24) is 5.48 Å². The molecule has 6 N–H and O–H groups in total. The molecule has 0 amide bonds. The number of ether oxygens (including phenoxy) is 2. The molecule has 0 heterocycles. The molecule has 0 aromatic carbocycles. The third kappa shape index (κ3) is 9.56. The molecule has 0 saturated carbocycles. The van der Waals surface area contributed by atoms with Crippen LogP contribution >= 0.6 is 0 Å². The number of aliphatic hydroxyl groups is 4. The average molecular weight is 297 g/mol. The molecule has 122 valence electrons. The minimum Gasteiger partial charge on any atom is -0.396 e. The predicted octanol–water partition coefficient (Wildman–Crippen LogP) is -2.18. The highest BCUT2D eigenvalue weighted by Gasteiger charge is 2.13. The van der Waals surface area contributed by atoms with Crippen LogP contribution in [-0.2, 0) is 9.47 Å².